The van der Waals surface area contributed by atoms with Crippen molar-refractivity contribution < 1.29 is 0 Å². The predicted molar refractivity (Wildman–Crippen MR) is 94.4 cm³/mol. The summed E-state index contributed by atoms with van der Waals surface area (Å²) in [6.07, 6.45) is 8.68. The lowest BCUT2D eigenvalue weighted by molar-refractivity contribution is 0.494. The van der Waals surface area contributed by atoms with E-state index in [1.807, 2.05) is 25.3 Å². The lowest BCUT2D eigenvalue weighted by Gasteiger charge is -2.27. The summed E-state index contributed by atoms with van der Waals surface area (Å²) in [6.45, 7) is 7.75. The Balaban J connectivity index is 1.86. The molecule has 1 aliphatic rings. The van der Waals surface area contributed by atoms with Crippen molar-refractivity contribution in [3.63, 3.8) is 0 Å². The average molecular weight is 310 g/mol. The molecular weight excluding hydrogens is 284 g/mol. The Labute approximate surface area is 139 Å². The molecule has 0 amide bonds. The summed E-state index contributed by atoms with van der Waals surface area (Å²) in [5.41, 5.74) is 2.00. The first-order valence-corrected chi connectivity index (χ1v) is 8.66. The van der Waals surface area contributed by atoms with Gasteiger partial charge in [0.25, 0.3) is 0 Å². The highest BCUT2D eigenvalue weighted by Crippen LogP contribution is 2.29. The maximum absolute atomic E-state index is 4.84. The monoisotopic (exact) mass is 310 g/mol. The van der Waals surface area contributed by atoms with E-state index < -0.39 is 0 Å². The molecule has 23 heavy (non-hydrogen) atoms. The van der Waals surface area contributed by atoms with Gasteiger partial charge in [-0.25, -0.2) is 9.97 Å². The van der Waals surface area contributed by atoms with Gasteiger partial charge in [-0.1, -0.05) is 13.8 Å². The quantitative estimate of drug-likeness (QED) is 0.828. The summed E-state index contributed by atoms with van der Waals surface area (Å²) >= 11 is 0. The first kappa shape index (κ1) is 15.9. The molecule has 1 fully saturated rings. The number of rotatable bonds is 5. The van der Waals surface area contributed by atoms with E-state index in [0.29, 0.717) is 6.04 Å². The number of hydrogen-bond acceptors (Lipinski definition) is 4. The Kier molecular flexibility index (Phi) is 4.89. The topological polar surface area (TPSA) is 41.9 Å². The lowest BCUT2D eigenvalue weighted by Crippen LogP contribution is -2.30. The fourth-order valence-corrected chi connectivity index (χ4v) is 3.29. The molecule has 4 heteroatoms. The van der Waals surface area contributed by atoms with Crippen LogP contribution in [-0.2, 0) is 0 Å². The molecule has 1 unspecified atom stereocenters. The predicted octanol–water partition coefficient (Wildman–Crippen LogP) is 4.25. The standard InChI is InChI=1S/C19H26N4/c1-14(2)8-9-17-7-5-11-23(17)18-12-15(3)21-19(22-18)16-6-4-10-20-13-16/h4,6,10,12-14,17H,5,7-9,11H2,1-3H3. The fourth-order valence-electron chi connectivity index (χ4n) is 3.29. The lowest BCUT2D eigenvalue weighted by atomic mass is 10.0. The van der Waals surface area contributed by atoms with Gasteiger partial charge in [0.2, 0.25) is 0 Å². The van der Waals surface area contributed by atoms with Crippen LogP contribution in [0.15, 0.2) is 30.6 Å². The number of aromatic nitrogens is 3. The molecule has 0 bridgehead atoms. The van der Waals surface area contributed by atoms with Gasteiger partial charge in [-0.3, -0.25) is 4.98 Å². The third-order valence-corrected chi connectivity index (χ3v) is 4.51. The second-order valence-electron chi connectivity index (χ2n) is 6.89. The van der Waals surface area contributed by atoms with Gasteiger partial charge < -0.3 is 4.90 Å². The molecule has 0 spiro atoms. The molecule has 1 atom stereocenters. The average Bonchev–Trinajstić information content (AvgIpc) is 3.02. The first-order valence-electron chi connectivity index (χ1n) is 8.66. The van der Waals surface area contributed by atoms with Crippen molar-refractivity contribution in [2.24, 2.45) is 5.92 Å². The zero-order valence-electron chi connectivity index (χ0n) is 14.4. The second kappa shape index (κ2) is 7.07. The molecular formula is C19H26N4. The Morgan fingerprint density at radius 3 is 2.91 bits per heavy atom. The minimum atomic E-state index is 0.619. The van der Waals surface area contributed by atoms with Gasteiger partial charge in [0, 0.05) is 42.3 Å². The van der Waals surface area contributed by atoms with E-state index in [1.165, 1.54) is 25.7 Å². The fraction of sp³-hybridized carbons (Fsp3) is 0.526. The van der Waals surface area contributed by atoms with Crippen molar-refractivity contribution >= 4 is 5.82 Å². The maximum Gasteiger partial charge on any atom is 0.163 e. The van der Waals surface area contributed by atoms with Crippen LogP contribution in [0.1, 0.15) is 45.2 Å². The molecule has 122 valence electrons. The van der Waals surface area contributed by atoms with E-state index >= 15 is 0 Å². The summed E-state index contributed by atoms with van der Waals surface area (Å²) in [7, 11) is 0. The largest absolute Gasteiger partial charge is 0.354 e. The Hall–Kier alpha value is -1.97. The van der Waals surface area contributed by atoms with Gasteiger partial charge in [-0.15, -0.1) is 0 Å². The Morgan fingerprint density at radius 1 is 1.30 bits per heavy atom. The Bertz CT molecular complexity index is 639. The van der Waals surface area contributed by atoms with Gasteiger partial charge in [0.15, 0.2) is 5.82 Å². The highest BCUT2D eigenvalue weighted by Gasteiger charge is 2.26. The van der Waals surface area contributed by atoms with Gasteiger partial charge >= 0.3 is 0 Å². The number of pyridine rings is 1. The molecule has 0 radical (unpaired) electrons. The van der Waals surface area contributed by atoms with Crippen molar-refractivity contribution in [1.29, 1.82) is 0 Å². The van der Waals surface area contributed by atoms with Crippen LogP contribution in [0.2, 0.25) is 0 Å². The van der Waals surface area contributed by atoms with Crippen LogP contribution >= 0.6 is 0 Å². The molecule has 4 nitrogen and oxygen atoms in total. The third-order valence-electron chi connectivity index (χ3n) is 4.51. The minimum absolute atomic E-state index is 0.619. The van der Waals surface area contributed by atoms with Gasteiger partial charge in [0.05, 0.1) is 0 Å². The summed E-state index contributed by atoms with van der Waals surface area (Å²) in [5, 5.41) is 0. The van der Waals surface area contributed by atoms with Crippen molar-refractivity contribution in [3.05, 3.63) is 36.3 Å². The van der Waals surface area contributed by atoms with Crippen LogP contribution in [0.5, 0.6) is 0 Å². The maximum atomic E-state index is 4.84. The Morgan fingerprint density at radius 2 is 2.17 bits per heavy atom. The second-order valence-corrected chi connectivity index (χ2v) is 6.89. The normalized spacial score (nSPS) is 17.9. The zero-order chi connectivity index (χ0) is 16.2. The van der Waals surface area contributed by atoms with Crippen LogP contribution in [-0.4, -0.2) is 27.5 Å². The van der Waals surface area contributed by atoms with Gasteiger partial charge in [0.1, 0.15) is 5.82 Å². The molecule has 0 N–H and O–H groups in total. The minimum Gasteiger partial charge on any atom is -0.354 e. The summed E-state index contributed by atoms with van der Waals surface area (Å²) in [6, 6.07) is 6.69. The SMILES string of the molecule is Cc1cc(N2CCCC2CCC(C)C)nc(-c2cccnc2)n1. The van der Waals surface area contributed by atoms with E-state index in [1.54, 1.807) is 6.20 Å². The summed E-state index contributed by atoms with van der Waals surface area (Å²) < 4.78 is 0. The van der Waals surface area contributed by atoms with Crippen molar-refractivity contribution in [2.45, 2.75) is 52.5 Å². The number of aryl methyl sites for hydroxylation is 1. The van der Waals surface area contributed by atoms with Crippen LogP contribution in [0, 0.1) is 12.8 Å². The highest BCUT2D eigenvalue weighted by atomic mass is 15.2. The van der Waals surface area contributed by atoms with Crippen molar-refractivity contribution in [2.75, 3.05) is 11.4 Å². The molecule has 3 rings (SSSR count). The molecule has 0 aliphatic carbocycles. The van der Waals surface area contributed by atoms with Crippen LogP contribution in [0.25, 0.3) is 11.4 Å². The molecule has 0 aromatic carbocycles. The van der Waals surface area contributed by atoms with Gasteiger partial charge in [-0.05, 0) is 50.7 Å². The highest BCUT2D eigenvalue weighted by molar-refractivity contribution is 5.57. The van der Waals surface area contributed by atoms with E-state index in [9.17, 15) is 0 Å². The summed E-state index contributed by atoms with van der Waals surface area (Å²) in [5.74, 6) is 2.61. The van der Waals surface area contributed by atoms with Crippen LogP contribution in [0.4, 0.5) is 5.82 Å². The van der Waals surface area contributed by atoms with E-state index in [-0.39, 0.29) is 0 Å². The molecule has 3 heterocycles. The third kappa shape index (κ3) is 3.87. The van der Waals surface area contributed by atoms with Crippen molar-refractivity contribution in [3.8, 4) is 11.4 Å². The van der Waals surface area contributed by atoms with Crippen LogP contribution < -0.4 is 4.90 Å². The number of nitrogens with zero attached hydrogens (tertiary/aromatic N) is 4. The summed E-state index contributed by atoms with van der Waals surface area (Å²) in [4.78, 5) is 16.1. The van der Waals surface area contributed by atoms with E-state index in [2.05, 4.69) is 34.8 Å². The molecule has 0 saturated carbocycles. The molecule has 1 aliphatic heterocycles. The first-order chi connectivity index (χ1) is 11.1. The van der Waals surface area contributed by atoms with Crippen molar-refractivity contribution in [1.82, 2.24) is 15.0 Å². The zero-order valence-corrected chi connectivity index (χ0v) is 14.4. The molecule has 1 saturated heterocycles. The van der Waals surface area contributed by atoms with E-state index in [4.69, 9.17) is 4.98 Å². The number of anilines is 1. The number of hydrogen-bond donors (Lipinski definition) is 0. The smallest absolute Gasteiger partial charge is 0.163 e. The van der Waals surface area contributed by atoms with Crippen LogP contribution in [0.3, 0.4) is 0 Å². The van der Waals surface area contributed by atoms with Gasteiger partial charge in [-0.2, -0.15) is 0 Å². The molecule has 2 aromatic heterocycles. The van der Waals surface area contributed by atoms with E-state index in [0.717, 1.165) is 35.4 Å². The molecule has 2 aromatic rings.